The first-order chi connectivity index (χ1) is 9.22. The van der Waals surface area contributed by atoms with E-state index in [9.17, 15) is 5.11 Å². The van der Waals surface area contributed by atoms with E-state index in [1.165, 1.54) is 0 Å². The second-order valence-electron chi connectivity index (χ2n) is 4.68. The van der Waals surface area contributed by atoms with E-state index >= 15 is 0 Å². The lowest BCUT2D eigenvalue weighted by atomic mass is 10.1. The Kier molecular flexibility index (Phi) is 2.72. The molecule has 0 radical (unpaired) electrons. The molecule has 7 nitrogen and oxygen atoms in total. The average Bonchev–Trinajstić information content (AvgIpc) is 3.03. The lowest BCUT2D eigenvalue weighted by Gasteiger charge is -2.24. The zero-order valence-electron chi connectivity index (χ0n) is 10.2. The molecule has 0 bridgehead atoms. The van der Waals surface area contributed by atoms with Crippen molar-refractivity contribution in [2.24, 2.45) is 5.92 Å². The van der Waals surface area contributed by atoms with E-state index in [0.717, 1.165) is 6.42 Å². The summed E-state index contributed by atoms with van der Waals surface area (Å²) < 4.78 is 0. The molecule has 98 valence electrons. The Bertz CT molecular complexity index is 578. The van der Waals surface area contributed by atoms with E-state index in [-0.39, 0.29) is 30.2 Å². The Morgan fingerprint density at radius 1 is 1.53 bits per heavy atom. The van der Waals surface area contributed by atoms with Crippen LogP contribution in [0.5, 0.6) is 0 Å². The van der Waals surface area contributed by atoms with Gasteiger partial charge in [0.1, 0.15) is 11.8 Å². The fourth-order valence-corrected chi connectivity index (χ4v) is 2.55. The second kappa shape index (κ2) is 4.40. The Labute approximate surface area is 110 Å². The molecule has 0 aromatic carbocycles. The van der Waals surface area contributed by atoms with Gasteiger partial charge in [-0.05, 0) is 6.42 Å². The predicted octanol–water partition coefficient (Wildman–Crippen LogP) is 0.0569. The molecule has 1 aliphatic carbocycles. The number of fused-ring (bicyclic) bond motifs is 1. The number of aliphatic hydroxyl groups is 1. The summed E-state index contributed by atoms with van der Waals surface area (Å²) in [6.07, 6.45) is 4.91. The van der Waals surface area contributed by atoms with Gasteiger partial charge in [-0.15, -0.1) is 0 Å². The van der Waals surface area contributed by atoms with Gasteiger partial charge in [0.05, 0.1) is 12.7 Å². The minimum Gasteiger partial charge on any atom is -0.396 e. The molecule has 4 N–H and O–H groups in total. The zero-order chi connectivity index (χ0) is 13.4. The van der Waals surface area contributed by atoms with Crippen LogP contribution in [-0.2, 0) is 0 Å². The predicted molar refractivity (Wildman–Crippen MR) is 70.2 cm³/mol. The Hall–Kier alpha value is -2.33. The van der Waals surface area contributed by atoms with Crippen LogP contribution in [0.4, 0.5) is 17.5 Å². The van der Waals surface area contributed by atoms with Crippen molar-refractivity contribution in [3.05, 3.63) is 17.8 Å². The molecule has 2 aliphatic rings. The van der Waals surface area contributed by atoms with Crippen LogP contribution in [0.1, 0.15) is 12.1 Å². The molecule has 7 heteroatoms. The van der Waals surface area contributed by atoms with Crippen LogP contribution in [0, 0.1) is 17.2 Å². The highest BCUT2D eigenvalue weighted by Crippen LogP contribution is 2.36. The van der Waals surface area contributed by atoms with E-state index in [2.05, 4.69) is 21.4 Å². The third-order valence-electron chi connectivity index (χ3n) is 3.50. The fourth-order valence-electron chi connectivity index (χ4n) is 2.55. The topological polar surface area (TPSA) is 111 Å². The van der Waals surface area contributed by atoms with Gasteiger partial charge < -0.3 is 21.1 Å². The number of hydrogen-bond donors (Lipinski definition) is 3. The first kappa shape index (κ1) is 11.7. The quantitative estimate of drug-likeness (QED) is 0.643. The number of nitrogens with two attached hydrogens (primary N) is 1. The van der Waals surface area contributed by atoms with E-state index in [0.29, 0.717) is 18.2 Å². The van der Waals surface area contributed by atoms with E-state index in [4.69, 9.17) is 11.0 Å². The van der Waals surface area contributed by atoms with Crippen molar-refractivity contribution in [3.8, 4) is 6.07 Å². The van der Waals surface area contributed by atoms with Crippen LogP contribution >= 0.6 is 0 Å². The summed E-state index contributed by atoms with van der Waals surface area (Å²) in [6, 6.07) is 2.18. The number of nitrogens with one attached hydrogen (secondary N) is 1. The van der Waals surface area contributed by atoms with Crippen LogP contribution in [-0.4, -0.2) is 34.4 Å². The zero-order valence-corrected chi connectivity index (χ0v) is 10.2. The van der Waals surface area contributed by atoms with Crippen LogP contribution in [0.3, 0.4) is 0 Å². The van der Waals surface area contributed by atoms with Crippen molar-refractivity contribution in [2.45, 2.75) is 12.5 Å². The monoisotopic (exact) mass is 258 g/mol. The summed E-state index contributed by atoms with van der Waals surface area (Å²) in [5.41, 5.74) is 6.54. The normalized spacial score (nSPS) is 24.1. The highest BCUT2D eigenvalue weighted by molar-refractivity contribution is 5.77. The smallest absolute Gasteiger partial charge is 0.223 e. The third kappa shape index (κ3) is 1.86. The summed E-state index contributed by atoms with van der Waals surface area (Å²) in [6.45, 7) is 0.714. The second-order valence-corrected chi connectivity index (χ2v) is 4.68. The van der Waals surface area contributed by atoms with Crippen LogP contribution < -0.4 is 16.0 Å². The molecule has 0 fully saturated rings. The summed E-state index contributed by atoms with van der Waals surface area (Å²) in [4.78, 5) is 10.2. The number of nitrogen functional groups attached to an aromatic ring is 1. The third-order valence-corrected chi connectivity index (χ3v) is 3.50. The summed E-state index contributed by atoms with van der Waals surface area (Å²) in [5.74, 6) is 0.950. The summed E-state index contributed by atoms with van der Waals surface area (Å²) >= 11 is 0. The highest BCUT2D eigenvalue weighted by Gasteiger charge is 2.32. The molecule has 1 aromatic rings. The standard InChI is InChI=1S/C12H14N6O/c13-4-9-10-11(17-12(14)16-9)18(6-15-10)8-2-1-7(3-8)5-19/h1-2,7-8,15,19H,3,5-6H2,(H2,14,16,17). The molecular weight excluding hydrogens is 244 g/mol. The lowest BCUT2D eigenvalue weighted by Crippen LogP contribution is -2.33. The van der Waals surface area contributed by atoms with Crippen molar-refractivity contribution < 1.29 is 5.11 Å². The van der Waals surface area contributed by atoms with Crippen molar-refractivity contribution in [3.63, 3.8) is 0 Å². The van der Waals surface area contributed by atoms with Gasteiger partial charge in [0.15, 0.2) is 11.5 Å². The molecule has 0 amide bonds. The number of hydrogen-bond acceptors (Lipinski definition) is 7. The molecule has 2 atom stereocenters. The van der Waals surface area contributed by atoms with Gasteiger partial charge in [0.2, 0.25) is 5.95 Å². The SMILES string of the molecule is N#Cc1nc(N)nc2c1NCN2C1C=CC(CO)C1. The maximum atomic E-state index is 9.17. The van der Waals surface area contributed by atoms with E-state index in [1.54, 1.807) is 0 Å². The molecule has 19 heavy (non-hydrogen) atoms. The summed E-state index contributed by atoms with van der Waals surface area (Å²) in [7, 11) is 0. The number of nitriles is 1. The van der Waals surface area contributed by atoms with Crippen molar-refractivity contribution in [1.82, 2.24) is 9.97 Å². The number of aromatic nitrogens is 2. The average molecular weight is 258 g/mol. The van der Waals surface area contributed by atoms with Gasteiger partial charge >= 0.3 is 0 Å². The molecule has 2 unspecified atom stereocenters. The number of rotatable bonds is 2. The van der Waals surface area contributed by atoms with Gasteiger partial charge in [-0.2, -0.15) is 15.2 Å². The van der Waals surface area contributed by atoms with Gasteiger partial charge in [0.25, 0.3) is 0 Å². The first-order valence-corrected chi connectivity index (χ1v) is 6.10. The largest absolute Gasteiger partial charge is 0.396 e. The lowest BCUT2D eigenvalue weighted by molar-refractivity contribution is 0.248. The summed E-state index contributed by atoms with van der Waals surface area (Å²) in [5, 5.41) is 21.4. The maximum Gasteiger partial charge on any atom is 0.223 e. The number of anilines is 3. The van der Waals surface area contributed by atoms with Crippen molar-refractivity contribution in [1.29, 1.82) is 5.26 Å². The Morgan fingerprint density at radius 3 is 3.05 bits per heavy atom. The van der Waals surface area contributed by atoms with E-state index < -0.39 is 0 Å². The van der Waals surface area contributed by atoms with Gasteiger partial charge in [-0.1, -0.05) is 12.2 Å². The molecule has 1 aliphatic heterocycles. The van der Waals surface area contributed by atoms with Gasteiger partial charge in [-0.25, -0.2) is 0 Å². The molecule has 0 spiro atoms. The number of aliphatic hydroxyl groups excluding tert-OH is 1. The van der Waals surface area contributed by atoms with Crippen LogP contribution in [0.2, 0.25) is 0 Å². The van der Waals surface area contributed by atoms with Crippen LogP contribution in [0.25, 0.3) is 0 Å². The maximum absolute atomic E-state index is 9.17. The minimum absolute atomic E-state index is 0.102. The van der Waals surface area contributed by atoms with Gasteiger partial charge in [0, 0.05) is 12.5 Å². The van der Waals surface area contributed by atoms with E-state index in [1.807, 2.05) is 17.0 Å². The van der Waals surface area contributed by atoms with Crippen molar-refractivity contribution in [2.75, 3.05) is 29.2 Å². The molecule has 2 heterocycles. The highest BCUT2D eigenvalue weighted by atomic mass is 16.3. The Balaban J connectivity index is 1.93. The van der Waals surface area contributed by atoms with Crippen LogP contribution in [0.15, 0.2) is 12.2 Å². The molecular formula is C12H14N6O. The van der Waals surface area contributed by atoms with Crippen molar-refractivity contribution >= 4 is 17.5 Å². The minimum atomic E-state index is 0.102. The number of nitrogens with zero attached hydrogens (tertiary/aromatic N) is 4. The molecule has 0 saturated carbocycles. The molecule has 1 aromatic heterocycles. The van der Waals surface area contributed by atoms with Gasteiger partial charge in [-0.3, -0.25) is 0 Å². The molecule has 3 rings (SSSR count). The molecule has 0 saturated heterocycles. The Morgan fingerprint density at radius 2 is 2.37 bits per heavy atom. The first-order valence-electron chi connectivity index (χ1n) is 6.10. The fraction of sp³-hybridized carbons (Fsp3) is 0.417.